The first kappa shape index (κ1) is 22.0. The van der Waals surface area contributed by atoms with Crippen molar-refractivity contribution in [2.45, 2.75) is 46.3 Å². The quantitative estimate of drug-likeness (QED) is 0.492. The smallest absolute Gasteiger partial charge is 0.273 e. The van der Waals surface area contributed by atoms with Crippen molar-refractivity contribution in [3.8, 4) is 0 Å². The molecule has 26 heavy (non-hydrogen) atoms. The van der Waals surface area contributed by atoms with Gasteiger partial charge in [-0.15, -0.1) is 4.41 Å². The van der Waals surface area contributed by atoms with Crippen molar-refractivity contribution >= 4 is 21.6 Å². The highest BCUT2D eigenvalue weighted by atomic mass is 32.2. The predicted octanol–water partition coefficient (Wildman–Crippen LogP) is 2.85. The van der Waals surface area contributed by atoms with Gasteiger partial charge in [-0.3, -0.25) is 20.3 Å². The lowest BCUT2D eigenvalue weighted by molar-refractivity contribution is -0.385. The molecule has 0 radical (unpaired) electrons. The van der Waals surface area contributed by atoms with Gasteiger partial charge >= 0.3 is 0 Å². The van der Waals surface area contributed by atoms with Crippen LogP contribution in [0, 0.1) is 22.0 Å². The summed E-state index contributed by atoms with van der Waals surface area (Å²) < 4.78 is 26.5. The highest BCUT2D eigenvalue weighted by Gasteiger charge is 2.28. The number of nitrogens with one attached hydrogen (secondary N) is 1. The van der Waals surface area contributed by atoms with Crippen molar-refractivity contribution < 1.29 is 18.1 Å². The highest BCUT2D eigenvalue weighted by Crippen LogP contribution is 2.21. The Labute approximate surface area is 154 Å². The third-order valence-electron chi connectivity index (χ3n) is 3.59. The van der Waals surface area contributed by atoms with Gasteiger partial charge in [-0.1, -0.05) is 45.9 Å². The molecule has 1 N–H and O–H groups in total. The minimum Gasteiger partial charge on any atom is -0.275 e. The fraction of sp³-hybridized carbons (Fsp3) is 0.588. The molecular formula is C17H27N3O5S. The van der Waals surface area contributed by atoms with Gasteiger partial charge in [0.25, 0.3) is 5.69 Å². The van der Waals surface area contributed by atoms with Gasteiger partial charge in [-0.05, 0) is 18.3 Å². The molecule has 0 aliphatic carbocycles. The maximum absolute atomic E-state index is 12.8. The van der Waals surface area contributed by atoms with Gasteiger partial charge in [0.15, 0.2) is 0 Å². The summed E-state index contributed by atoms with van der Waals surface area (Å²) >= 11 is 0. The molecule has 8 nitrogen and oxygen atoms in total. The van der Waals surface area contributed by atoms with Crippen molar-refractivity contribution in [3.05, 3.63) is 39.9 Å². The van der Waals surface area contributed by atoms with Crippen LogP contribution in [0.15, 0.2) is 24.3 Å². The molecule has 0 aromatic heterocycles. The molecule has 0 fully saturated rings. The molecule has 0 heterocycles. The van der Waals surface area contributed by atoms with Gasteiger partial charge in [0.2, 0.25) is 15.9 Å². The number of carbonyl (C=O) groups is 1. The van der Waals surface area contributed by atoms with E-state index in [4.69, 9.17) is 0 Å². The summed E-state index contributed by atoms with van der Waals surface area (Å²) in [4.78, 5) is 22.6. The Hall–Kier alpha value is -2.00. The Morgan fingerprint density at radius 3 is 2.35 bits per heavy atom. The van der Waals surface area contributed by atoms with Crippen LogP contribution in [0.3, 0.4) is 0 Å². The molecule has 9 heteroatoms. The molecule has 0 saturated carbocycles. The van der Waals surface area contributed by atoms with Crippen LogP contribution in [0.2, 0.25) is 0 Å². The molecule has 0 unspecified atom stereocenters. The van der Waals surface area contributed by atoms with Crippen LogP contribution in [0.4, 0.5) is 5.69 Å². The second-order valence-electron chi connectivity index (χ2n) is 7.03. The van der Waals surface area contributed by atoms with Crippen molar-refractivity contribution in [1.82, 2.24) is 9.84 Å². The van der Waals surface area contributed by atoms with Crippen LogP contribution in [0.5, 0.6) is 0 Å². The Morgan fingerprint density at radius 2 is 1.81 bits per heavy atom. The largest absolute Gasteiger partial charge is 0.275 e. The fourth-order valence-corrected chi connectivity index (χ4v) is 3.82. The number of nitro benzene ring substituents is 1. The minimum atomic E-state index is -3.96. The average molecular weight is 385 g/mol. The SMILES string of the molecule is CC(C)CCC(=O)NN(CC(C)C)S(=O)(=O)Cc1ccccc1[N+](=O)[O-]. The standard InChI is InChI=1S/C17H27N3O5S/c1-13(2)9-10-17(21)18-19(11-14(3)4)26(24,25)12-15-7-5-6-8-16(15)20(22)23/h5-8,13-14H,9-12H2,1-4H3,(H,18,21). The maximum atomic E-state index is 12.8. The number of hydrogen-bond donors (Lipinski definition) is 1. The zero-order chi connectivity index (χ0) is 19.9. The van der Waals surface area contributed by atoms with Gasteiger partial charge in [-0.25, -0.2) is 8.42 Å². The molecule has 1 amide bonds. The van der Waals surface area contributed by atoms with E-state index in [1.165, 1.54) is 18.2 Å². The number of sulfonamides is 1. The van der Waals surface area contributed by atoms with Gasteiger partial charge in [-0.2, -0.15) is 0 Å². The normalized spacial score (nSPS) is 12.0. The lowest BCUT2D eigenvalue weighted by Crippen LogP contribution is -2.48. The van der Waals surface area contributed by atoms with Crippen LogP contribution >= 0.6 is 0 Å². The summed E-state index contributed by atoms with van der Waals surface area (Å²) in [5.41, 5.74) is 2.28. The summed E-state index contributed by atoms with van der Waals surface area (Å²) in [6.45, 7) is 7.70. The van der Waals surface area contributed by atoms with Crippen LogP contribution < -0.4 is 5.43 Å². The summed E-state index contributed by atoms with van der Waals surface area (Å²) in [6, 6.07) is 5.70. The monoisotopic (exact) mass is 385 g/mol. The zero-order valence-corrected chi connectivity index (χ0v) is 16.5. The van der Waals surface area contributed by atoms with E-state index in [1.54, 1.807) is 6.07 Å². The van der Waals surface area contributed by atoms with E-state index in [1.807, 2.05) is 27.7 Å². The molecule has 1 rings (SSSR count). The number of amides is 1. The summed E-state index contributed by atoms with van der Waals surface area (Å²) in [7, 11) is -3.96. The first-order valence-corrected chi connectivity index (χ1v) is 10.2. The Balaban J connectivity index is 3.01. The number of carbonyl (C=O) groups excluding carboxylic acids is 1. The van der Waals surface area contributed by atoms with E-state index in [0.717, 1.165) is 4.41 Å². The van der Waals surface area contributed by atoms with Gasteiger partial charge in [0, 0.05) is 24.6 Å². The zero-order valence-electron chi connectivity index (χ0n) is 15.6. The van der Waals surface area contributed by atoms with E-state index < -0.39 is 20.7 Å². The van der Waals surface area contributed by atoms with Gasteiger partial charge < -0.3 is 0 Å². The van der Waals surface area contributed by atoms with Crippen LogP contribution in [0.25, 0.3) is 0 Å². The molecule has 0 atom stereocenters. The van der Waals surface area contributed by atoms with E-state index in [9.17, 15) is 23.3 Å². The Morgan fingerprint density at radius 1 is 1.19 bits per heavy atom. The van der Waals surface area contributed by atoms with E-state index in [0.29, 0.717) is 12.3 Å². The molecular weight excluding hydrogens is 358 g/mol. The number of hydrogen-bond acceptors (Lipinski definition) is 5. The number of nitrogens with zero attached hydrogens (tertiary/aromatic N) is 2. The Kier molecular flexibility index (Phi) is 8.16. The van der Waals surface area contributed by atoms with E-state index >= 15 is 0 Å². The molecule has 0 spiro atoms. The molecule has 1 aromatic rings. The third-order valence-corrected chi connectivity index (χ3v) is 5.18. The molecule has 0 saturated heterocycles. The first-order chi connectivity index (χ1) is 12.0. The summed E-state index contributed by atoms with van der Waals surface area (Å²) in [6.07, 6.45) is 0.860. The van der Waals surface area contributed by atoms with Crippen molar-refractivity contribution in [1.29, 1.82) is 0 Å². The summed E-state index contributed by atoms with van der Waals surface area (Å²) in [5, 5.41) is 11.1. The predicted molar refractivity (Wildman–Crippen MR) is 99.5 cm³/mol. The number of rotatable bonds is 10. The topological polar surface area (TPSA) is 110 Å². The number of para-hydroxylation sites is 1. The van der Waals surface area contributed by atoms with Crippen LogP contribution in [-0.4, -0.2) is 30.2 Å². The van der Waals surface area contributed by atoms with Crippen molar-refractivity contribution in [3.63, 3.8) is 0 Å². The molecule has 0 aliphatic rings. The molecule has 1 aromatic carbocycles. The Bertz CT molecular complexity index is 732. The van der Waals surface area contributed by atoms with Gasteiger partial charge in [0.05, 0.1) is 10.7 Å². The van der Waals surface area contributed by atoms with E-state index in [2.05, 4.69) is 5.43 Å². The van der Waals surface area contributed by atoms with E-state index in [-0.39, 0.29) is 36.0 Å². The number of hydrazine groups is 1. The van der Waals surface area contributed by atoms with Crippen molar-refractivity contribution in [2.24, 2.45) is 11.8 Å². The molecule has 146 valence electrons. The first-order valence-electron chi connectivity index (χ1n) is 8.55. The molecule has 0 bridgehead atoms. The average Bonchev–Trinajstić information content (AvgIpc) is 2.51. The minimum absolute atomic E-state index is 0.0269. The van der Waals surface area contributed by atoms with Crippen molar-refractivity contribution in [2.75, 3.05) is 6.54 Å². The third kappa shape index (κ3) is 7.09. The molecule has 0 aliphatic heterocycles. The lowest BCUT2D eigenvalue weighted by Gasteiger charge is -2.24. The second kappa shape index (κ2) is 9.63. The van der Waals surface area contributed by atoms with Gasteiger partial charge in [0.1, 0.15) is 0 Å². The van der Waals surface area contributed by atoms with Crippen LogP contribution in [-0.2, 0) is 20.6 Å². The fourth-order valence-electron chi connectivity index (χ4n) is 2.26. The summed E-state index contributed by atoms with van der Waals surface area (Å²) in [5.74, 6) is -0.643. The second-order valence-corrected chi connectivity index (χ2v) is 8.93. The lowest BCUT2D eigenvalue weighted by atomic mass is 10.1. The van der Waals surface area contributed by atoms with Crippen LogP contribution in [0.1, 0.15) is 46.1 Å². The maximum Gasteiger partial charge on any atom is 0.273 e. The highest BCUT2D eigenvalue weighted by molar-refractivity contribution is 7.88. The number of nitro groups is 1. The number of benzene rings is 1.